The van der Waals surface area contributed by atoms with Crippen molar-refractivity contribution in [1.29, 1.82) is 0 Å². The number of rotatable bonds is 12. The van der Waals surface area contributed by atoms with E-state index in [0.29, 0.717) is 28.3 Å². The van der Waals surface area contributed by atoms with Crippen LogP contribution < -0.4 is 4.74 Å². The zero-order valence-corrected chi connectivity index (χ0v) is 25.1. The van der Waals surface area contributed by atoms with E-state index in [-0.39, 0.29) is 56.5 Å². The standard InChI is InChI=1S/C29H35Cl2N3O5.ClH/c1-19-13-21(7-10-26(19)39-12-11-34-27(35)18-32(2)29(34)38)17-33(16-20-5-3-4-6-20)25(15-28(36)37)22-8-9-23(30)24(31)14-22;/h7-10,13-14,20,25H,3-6,11-12,15-18H2,1-2H3,(H,36,37);1H/t25-;/m0./s1. The van der Waals surface area contributed by atoms with Gasteiger partial charge in [-0.25, -0.2) is 4.79 Å². The van der Waals surface area contributed by atoms with Crippen molar-refractivity contribution in [2.75, 3.05) is 33.3 Å². The Hall–Kier alpha value is -2.52. The smallest absolute Gasteiger partial charge is 0.327 e. The summed E-state index contributed by atoms with van der Waals surface area (Å²) in [6.07, 6.45) is 4.63. The summed E-state index contributed by atoms with van der Waals surface area (Å²) in [5, 5.41) is 10.6. The zero-order valence-electron chi connectivity index (χ0n) is 22.8. The highest BCUT2D eigenvalue weighted by Gasteiger charge is 2.33. The molecule has 1 atom stereocenters. The van der Waals surface area contributed by atoms with Crippen molar-refractivity contribution in [2.45, 2.75) is 51.6 Å². The number of urea groups is 1. The molecule has 0 unspecified atom stereocenters. The van der Waals surface area contributed by atoms with E-state index in [1.165, 1.54) is 22.6 Å². The van der Waals surface area contributed by atoms with Crippen LogP contribution in [0.3, 0.4) is 0 Å². The van der Waals surface area contributed by atoms with Crippen molar-refractivity contribution >= 4 is 53.5 Å². The lowest BCUT2D eigenvalue weighted by Gasteiger charge is -2.34. The molecule has 8 nitrogen and oxygen atoms in total. The lowest BCUT2D eigenvalue weighted by molar-refractivity contribution is -0.138. The number of aryl methyl sites for hydroxylation is 1. The summed E-state index contributed by atoms with van der Waals surface area (Å²) < 4.78 is 5.91. The summed E-state index contributed by atoms with van der Waals surface area (Å²) in [7, 11) is 1.60. The van der Waals surface area contributed by atoms with Gasteiger partial charge in [0.05, 0.1) is 23.0 Å². The van der Waals surface area contributed by atoms with Crippen LogP contribution >= 0.6 is 35.6 Å². The first kappa shape index (κ1) is 32.0. The molecule has 1 N–H and O–H groups in total. The quantitative estimate of drug-likeness (QED) is 0.287. The highest BCUT2D eigenvalue weighted by atomic mass is 35.5. The van der Waals surface area contributed by atoms with Crippen molar-refractivity contribution < 1.29 is 24.2 Å². The number of carboxylic acid groups (broad SMARTS) is 1. The number of carboxylic acids is 1. The first-order valence-corrected chi connectivity index (χ1v) is 14.1. The van der Waals surface area contributed by atoms with E-state index >= 15 is 0 Å². The third kappa shape index (κ3) is 8.03. The van der Waals surface area contributed by atoms with E-state index in [9.17, 15) is 19.5 Å². The summed E-state index contributed by atoms with van der Waals surface area (Å²) in [4.78, 5) is 40.8. The number of imide groups is 1. The minimum Gasteiger partial charge on any atom is -0.491 e. The van der Waals surface area contributed by atoms with Gasteiger partial charge in [0.1, 0.15) is 18.9 Å². The maximum Gasteiger partial charge on any atom is 0.327 e. The molecule has 1 saturated carbocycles. The zero-order chi connectivity index (χ0) is 28.1. The average molecular weight is 613 g/mol. The second kappa shape index (κ2) is 14.4. The Balaban J connectivity index is 0.00000441. The van der Waals surface area contributed by atoms with Crippen molar-refractivity contribution in [3.63, 3.8) is 0 Å². The number of likely N-dealkylation sites (N-methyl/N-ethyl adjacent to an activating group) is 1. The number of hydrogen-bond acceptors (Lipinski definition) is 5. The topological polar surface area (TPSA) is 90.4 Å². The van der Waals surface area contributed by atoms with E-state index < -0.39 is 5.97 Å². The molecule has 11 heteroatoms. The van der Waals surface area contributed by atoms with Gasteiger partial charge in [-0.1, -0.05) is 54.2 Å². The molecular formula is C29H36Cl3N3O5. The molecule has 2 aromatic rings. The van der Waals surface area contributed by atoms with Gasteiger partial charge in [0.15, 0.2) is 0 Å². The lowest BCUT2D eigenvalue weighted by atomic mass is 9.98. The maximum atomic E-state index is 12.1. The molecule has 0 radical (unpaired) electrons. The molecular weight excluding hydrogens is 577 g/mol. The number of ether oxygens (including phenoxy) is 1. The molecule has 1 saturated heterocycles. The first-order valence-electron chi connectivity index (χ1n) is 13.3. The Morgan fingerprint density at radius 1 is 1.12 bits per heavy atom. The predicted molar refractivity (Wildman–Crippen MR) is 157 cm³/mol. The van der Waals surface area contributed by atoms with Gasteiger partial charge in [0.25, 0.3) is 0 Å². The van der Waals surface area contributed by atoms with Crippen LogP contribution in [0.2, 0.25) is 10.0 Å². The van der Waals surface area contributed by atoms with E-state index in [2.05, 4.69) is 4.90 Å². The number of halogens is 3. The number of carbonyl (C=O) groups excluding carboxylic acids is 2. The van der Waals surface area contributed by atoms with Gasteiger partial charge < -0.3 is 14.7 Å². The van der Waals surface area contributed by atoms with Crippen molar-refractivity contribution in [3.05, 3.63) is 63.1 Å². The maximum absolute atomic E-state index is 12.1. The fraction of sp³-hybridized carbons (Fsp3) is 0.483. The van der Waals surface area contributed by atoms with Crippen molar-refractivity contribution in [2.24, 2.45) is 5.92 Å². The molecule has 4 rings (SSSR count). The molecule has 2 aromatic carbocycles. The minimum atomic E-state index is -0.872. The van der Waals surface area contributed by atoms with E-state index in [0.717, 1.165) is 36.1 Å². The number of amides is 3. The highest BCUT2D eigenvalue weighted by Crippen LogP contribution is 2.35. The second-order valence-corrected chi connectivity index (χ2v) is 11.3. The Morgan fingerprint density at radius 2 is 1.85 bits per heavy atom. The third-order valence-corrected chi connectivity index (χ3v) is 8.27. The van der Waals surface area contributed by atoms with Crippen molar-refractivity contribution in [1.82, 2.24) is 14.7 Å². The number of nitrogens with zero attached hydrogens (tertiary/aromatic N) is 3. The summed E-state index contributed by atoms with van der Waals surface area (Å²) in [6.45, 7) is 3.81. The fourth-order valence-electron chi connectivity index (χ4n) is 5.51. The SMILES string of the molecule is Cc1cc(CN(CC2CCCC2)[C@@H](CC(=O)O)c2ccc(Cl)c(Cl)c2)ccc1OCCN1C(=O)CN(C)C1=O.Cl. The Morgan fingerprint density at radius 3 is 2.45 bits per heavy atom. The number of aliphatic carboxylic acids is 1. The number of hydrogen-bond donors (Lipinski definition) is 1. The Bertz CT molecular complexity index is 1220. The normalized spacial score (nSPS) is 16.5. The minimum absolute atomic E-state index is 0. The molecule has 2 aliphatic rings. The van der Waals surface area contributed by atoms with Gasteiger partial charge >= 0.3 is 12.0 Å². The summed E-state index contributed by atoms with van der Waals surface area (Å²) >= 11 is 12.5. The molecule has 1 aliphatic carbocycles. The lowest BCUT2D eigenvalue weighted by Crippen LogP contribution is -2.35. The van der Waals surface area contributed by atoms with Gasteiger partial charge in [-0.15, -0.1) is 12.4 Å². The van der Waals surface area contributed by atoms with Crippen molar-refractivity contribution in [3.8, 4) is 5.75 Å². The molecule has 0 bridgehead atoms. The van der Waals surface area contributed by atoms with Gasteiger partial charge in [-0.3, -0.25) is 19.4 Å². The van der Waals surface area contributed by atoms with Gasteiger partial charge in [-0.05, 0) is 60.6 Å². The van der Waals surface area contributed by atoms with Crippen LogP contribution in [0.5, 0.6) is 5.75 Å². The van der Waals surface area contributed by atoms with Crippen LogP contribution in [-0.4, -0.2) is 71.0 Å². The van der Waals surface area contributed by atoms with E-state index in [1.807, 2.05) is 31.2 Å². The van der Waals surface area contributed by atoms with Crippen LogP contribution in [0.15, 0.2) is 36.4 Å². The molecule has 1 heterocycles. The van der Waals surface area contributed by atoms with Crippen LogP contribution in [0.1, 0.15) is 54.8 Å². The van der Waals surface area contributed by atoms with Gasteiger partial charge in [0, 0.05) is 26.2 Å². The summed E-state index contributed by atoms with van der Waals surface area (Å²) in [5.41, 5.74) is 2.80. The largest absolute Gasteiger partial charge is 0.491 e. The van der Waals surface area contributed by atoms with Crippen LogP contribution in [0.4, 0.5) is 4.79 Å². The third-order valence-electron chi connectivity index (χ3n) is 7.53. The summed E-state index contributed by atoms with van der Waals surface area (Å²) in [6, 6.07) is 10.6. The highest BCUT2D eigenvalue weighted by molar-refractivity contribution is 6.42. The van der Waals surface area contributed by atoms with E-state index in [4.69, 9.17) is 27.9 Å². The number of benzene rings is 2. The van der Waals surface area contributed by atoms with E-state index in [1.54, 1.807) is 19.2 Å². The second-order valence-electron chi connectivity index (χ2n) is 10.5. The van der Waals surface area contributed by atoms with Crippen LogP contribution in [0.25, 0.3) is 0 Å². The number of carbonyl (C=O) groups is 3. The summed E-state index contributed by atoms with van der Waals surface area (Å²) in [5.74, 6) is 0.102. The average Bonchev–Trinajstić information content (AvgIpc) is 3.48. The molecule has 40 heavy (non-hydrogen) atoms. The molecule has 0 spiro atoms. The van der Waals surface area contributed by atoms with Gasteiger partial charge in [-0.2, -0.15) is 0 Å². The Kier molecular flexibility index (Phi) is 11.5. The Labute approximate surface area is 251 Å². The molecule has 218 valence electrons. The van der Waals surface area contributed by atoms with Gasteiger partial charge in [0.2, 0.25) is 5.91 Å². The monoisotopic (exact) mass is 611 g/mol. The molecule has 2 fully saturated rings. The molecule has 3 amide bonds. The predicted octanol–water partition coefficient (Wildman–Crippen LogP) is 6.20. The molecule has 1 aliphatic heterocycles. The molecule has 0 aromatic heterocycles. The fourth-order valence-corrected chi connectivity index (χ4v) is 5.82. The first-order chi connectivity index (χ1) is 18.6. The van der Waals surface area contributed by atoms with Crippen LogP contribution in [-0.2, 0) is 16.1 Å². The van der Waals surface area contributed by atoms with Crippen LogP contribution in [0, 0.1) is 12.8 Å².